The van der Waals surface area contributed by atoms with Crippen LogP contribution in [0.4, 0.5) is 0 Å². The summed E-state index contributed by atoms with van der Waals surface area (Å²) in [4.78, 5) is 12.5. The van der Waals surface area contributed by atoms with E-state index in [9.17, 15) is 10.1 Å². The average molecular weight is 372 g/mol. The van der Waals surface area contributed by atoms with E-state index in [1.165, 1.54) is 11.8 Å². The number of hydrogen-bond acceptors (Lipinski definition) is 5. The van der Waals surface area contributed by atoms with Crippen molar-refractivity contribution in [2.45, 2.75) is 50.6 Å². The lowest BCUT2D eigenvalue weighted by Gasteiger charge is -2.28. The van der Waals surface area contributed by atoms with Crippen LogP contribution in [0.3, 0.4) is 0 Å². The molecule has 2 atom stereocenters. The summed E-state index contributed by atoms with van der Waals surface area (Å²) in [6.45, 7) is 9.41. The molecule has 2 rings (SSSR count). The van der Waals surface area contributed by atoms with E-state index < -0.39 is 10.8 Å². The van der Waals surface area contributed by atoms with E-state index in [1.807, 2.05) is 56.7 Å². The van der Waals surface area contributed by atoms with Crippen LogP contribution < -0.4 is 5.32 Å². The molecule has 0 radical (unpaired) electrons. The number of amides is 1. The number of nitrogens with zero attached hydrogens (tertiary/aromatic N) is 4. The molecule has 138 valence electrons. The molecule has 1 N–H and O–H groups in total. The van der Waals surface area contributed by atoms with Gasteiger partial charge in [0, 0.05) is 12.6 Å². The van der Waals surface area contributed by atoms with E-state index in [2.05, 4.69) is 21.6 Å². The number of aromatic nitrogens is 3. The quantitative estimate of drug-likeness (QED) is 0.788. The number of hydrogen-bond donors (Lipinski definition) is 1. The zero-order valence-electron chi connectivity index (χ0n) is 16.1. The SMILES string of the molecule is Cc1ccccc1-c1nnc(S[C@@H](C)C(=O)N[C@@](C)(C#N)C(C)C)n1C. The third kappa shape index (κ3) is 4.07. The summed E-state index contributed by atoms with van der Waals surface area (Å²) in [5.74, 6) is 0.589. The zero-order chi connectivity index (χ0) is 19.5. The minimum atomic E-state index is -0.891. The van der Waals surface area contributed by atoms with Crippen LogP contribution in [0, 0.1) is 24.2 Å². The Labute approximate surface area is 159 Å². The molecule has 26 heavy (non-hydrogen) atoms. The molecule has 1 aromatic carbocycles. The fourth-order valence-electron chi connectivity index (χ4n) is 2.35. The number of carbonyl (C=O) groups excluding carboxylic acids is 1. The van der Waals surface area contributed by atoms with E-state index in [4.69, 9.17) is 0 Å². The van der Waals surface area contributed by atoms with Gasteiger partial charge in [0.2, 0.25) is 5.91 Å². The van der Waals surface area contributed by atoms with Crippen molar-refractivity contribution in [3.05, 3.63) is 29.8 Å². The standard InChI is InChI=1S/C19H25N5OS/c1-12(2)19(5,11-20)21-17(25)14(4)26-18-23-22-16(24(18)6)15-10-8-7-9-13(15)3/h7-10,12,14H,1-6H3,(H,21,25)/t14-,19-/m0/s1. The van der Waals surface area contributed by atoms with Crippen molar-refractivity contribution in [2.75, 3.05) is 0 Å². The number of nitriles is 1. The van der Waals surface area contributed by atoms with Gasteiger partial charge in [-0.15, -0.1) is 10.2 Å². The maximum absolute atomic E-state index is 12.5. The largest absolute Gasteiger partial charge is 0.337 e. The summed E-state index contributed by atoms with van der Waals surface area (Å²) in [5, 5.41) is 21.0. The Bertz CT molecular complexity index is 839. The van der Waals surface area contributed by atoms with E-state index in [0.29, 0.717) is 5.16 Å². The van der Waals surface area contributed by atoms with Crippen LogP contribution in [0.25, 0.3) is 11.4 Å². The topological polar surface area (TPSA) is 83.6 Å². The fourth-order valence-corrected chi connectivity index (χ4v) is 3.16. The van der Waals surface area contributed by atoms with Gasteiger partial charge in [-0.05, 0) is 32.3 Å². The molecule has 1 amide bonds. The summed E-state index contributed by atoms with van der Waals surface area (Å²) in [7, 11) is 1.89. The molecule has 0 unspecified atom stereocenters. The first-order valence-electron chi connectivity index (χ1n) is 8.55. The molecule has 0 aliphatic carbocycles. The molecular weight excluding hydrogens is 346 g/mol. The predicted octanol–water partition coefficient (Wildman–Crippen LogP) is 3.33. The Morgan fingerprint density at radius 3 is 2.54 bits per heavy atom. The Hall–Kier alpha value is -2.33. The fraction of sp³-hybridized carbons (Fsp3) is 0.474. The van der Waals surface area contributed by atoms with Gasteiger partial charge in [-0.2, -0.15) is 5.26 Å². The number of aryl methyl sites for hydroxylation is 1. The molecule has 0 saturated heterocycles. The van der Waals surface area contributed by atoms with Gasteiger partial charge < -0.3 is 9.88 Å². The number of benzene rings is 1. The van der Waals surface area contributed by atoms with Crippen molar-refractivity contribution in [2.24, 2.45) is 13.0 Å². The van der Waals surface area contributed by atoms with Crippen LogP contribution in [0.15, 0.2) is 29.4 Å². The van der Waals surface area contributed by atoms with E-state index in [0.717, 1.165) is 17.0 Å². The van der Waals surface area contributed by atoms with Gasteiger partial charge in [0.25, 0.3) is 0 Å². The molecule has 0 aliphatic rings. The first kappa shape index (κ1) is 20.0. The molecule has 0 spiro atoms. The average Bonchev–Trinajstić information content (AvgIpc) is 2.95. The van der Waals surface area contributed by atoms with Crippen molar-refractivity contribution in [3.63, 3.8) is 0 Å². The van der Waals surface area contributed by atoms with Gasteiger partial charge in [0.15, 0.2) is 11.0 Å². The number of nitrogens with one attached hydrogen (secondary N) is 1. The normalized spacial score (nSPS) is 14.5. The molecule has 1 heterocycles. The number of carbonyl (C=O) groups is 1. The third-order valence-electron chi connectivity index (χ3n) is 4.64. The highest BCUT2D eigenvalue weighted by Crippen LogP contribution is 2.27. The highest BCUT2D eigenvalue weighted by atomic mass is 32.2. The van der Waals surface area contributed by atoms with Gasteiger partial charge in [0.1, 0.15) is 5.54 Å². The van der Waals surface area contributed by atoms with Crippen LogP contribution in [-0.4, -0.2) is 31.5 Å². The van der Waals surface area contributed by atoms with Gasteiger partial charge in [-0.25, -0.2) is 0 Å². The first-order chi connectivity index (χ1) is 12.2. The lowest BCUT2D eigenvalue weighted by Crippen LogP contribution is -2.51. The lowest BCUT2D eigenvalue weighted by atomic mass is 9.90. The summed E-state index contributed by atoms with van der Waals surface area (Å²) in [6.07, 6.45) is 0. The Morgan fingerprint density at radius 2 is 1.96 bits per heavy atom. The van der Waals surface area contributed by atoms with E-state index in [1.54, 1.807) is 13.8 Å². The predicted molar refractivity (Wildman–Crippen MR) is 103 cm³/mol. The molecule has 2 aromatic rings. The van der Waals surface area contributed by atoms with Crippen LogP contribution >= 0.6 is 11.8 Å². The monoisotopic (exact) mass is 371 g/mol. The highest BCUT2D eigenvalue weighted by Gasteiger charge is 2.32. The van der Waals surface area contributed by atoms with Crippen molar-refractivity contribution in [1.82, 2.24) is 20.1 Å². The van der Waals surface area contributed by atoms with Crippen LogP contribution in [-0.2, 0) is 11.8 Å². The van der Waals surface area contributed by atoms with Crippen molar-refractivity contribution < 1.29 is 4.79 Å². The number of rotatable bonds is 6. The van der Waals surface area contributed by atoms with E-state index in [-0.39, 0.29) is 11.8 Å². The molecular formula is C19H25N5OS. The molecule has 0 fully saturated rings. The Balaban J connectivity index is 2.16. The first-order valence-corrected chi connectivity index (χ1v) is 9.43. The van der Waals surface area contributed by atoms with Gasteiger partial charge in [-0.3, -0.25) is 4.79 Å². The summed E-state index contributed by atoms with van der Waals surface area (Å²) in [5.41, 5.74) is 1.24. The Kier molecular flexibility index (Phi) is 6.09. The van der Waals surface area contributed by atoms with Crippen molar-refractivity contribution >= 4 is 17.7 Å². The molecule has 0 saturated carbocycles. The maximum atomic E-state index is 12.5. The second-order valence-corrected chi connectivity index (χ2v) is 8.21. The van der Waals surface area contributed by atoms with Gasteiger partial charge in [0.05, 0.1) is 11.3 Å². The van der Waals surface area contributed by atoms with Gasteiger partial charge in [-0.1, -0.05) is 49.9 Å². The minimum Gasteiger partial charge on any atom is -0.337 e. The third-order valence-corrected chi connectivity index (χ3v) is 5.78. The van der Waals surface area contributed by atoms with Crippen molar-refractivity contribution in [1.29, 1.82) is 5.26 Å². The number of thioether (sulfide) groups is 1. The van der Waals surface area contributed by atoms with Crippen LogP contribution in [0.5, 0.6) is 0 Å². The van der Waals surface area contributed by atoms with Crippen molar-refractivity contribution in [3.8, 4) is 17.5 Å². The van der Waals surface area contributed by atoms with Gasteiger partial charge >= 0.3 is 0 Å². The summed E-state index contributed by atoms with van der Waals surface area (Å²) < 4.78 is 1.89. The molecule has 6 nitrogen and oxygen atoms in total. The molecule has 7 heteroatoms. The molecule has 0 bridgehead atoms. The Morgan fingerprint density at radius 1 is 1.31 bits per heavy atom. The van der Waals surface area contributed by atoms with Crippen LogP contribution in [0.2, 0.25) is 0 Å². The maximum Gasteiger partial charge on any atom is 0.234 e. The summed E-state index contributed by atoms with van der Waals surface area (Å²) >= 11 is 1.33. The molecule has 1 aromatic heterocycles. The minimum absolute atomic E-state index is 0.0103. The lowest BCUT2D eigenvalue weighted by molar-refractivity contribution is -0.121. The molecule has 0 aliphatic heterocycles. The second kappa shape index (κ2) is 7.92. The van der Waals surface area contributed by atoms with E-state index >= 15 is 0 Å². The zero-order valence-corrected chi connectivity index (χ0v) is 16.9. The summed E-state index contributed by atoms with van der Waals surface area (Å²) in [6, 6.07) is 10.2. The van der Waals surface area contributed by atoms with Crippen LogP contribution in [0.1, 0.15) is 33.3 Å². The smallest absolute Gasteiger partial charge is 0.234 e. The second-order valence-electron chi connectivity index (χ2n) is 6.90. The highest BCUT2D eigenvalue weighted by molar-refractivity contribution is 8.00.